The van der Waals surface area contributed by atoms with Crippen molar-refractivity contribution in [1.29, 1.82) is 0 Å². The SMILES string of the molecule is CC(/C=C\c1ccccc1)=N\N. The zero-order valence-electron chi connectivity index (χ0n) is 7.07. The standard InChI is InChI=1S/C10H12N2/c1-9(12-11)7-8-10-5-3-2-4-6-10/h2-8H,11H2,1H3/b8-7-,12-9+. The first-order valence-electron chi connectivity index (χ1n) is 3.80. The van der Waals surface area contributed by atoms with Gasteiger partial charge in [0.2, 0.25) is 0 Å². The number of nitrogens with zero attached hydrogens (tertiary/aromatic N) is 1. The summed E-state index contributed by atoms with van der Waals surface area (Å²) < 4.78 is 0. The molecule has 0 atom stereocenters. The van der Waals surface area contributed by atoms with E-state index in [1.165, 1.54) is 0 Å². The maximum Gasteiger partial charge on any atom is 0.0569 e. The minimum absolute atomic E-state index is 0.818. The molecule has 2 nitrogen and oxygen atoms in total. The topological polar surface area (TPSA) is 38.4 Å². The molecule has 0 aliphatic heterocycles. The highest BCUT2D eigenvalue weighted by molar-refractivity contribution is 5.96. The molecule has 0 aliphatic carbocycles. The number of nitrogens with two attached hydrogens (primary N) is 1. The Bertz CT molecular complexity index is 286. The summed E-state index contributed by atoms with van der Waals surface area (Å²) in [5, 5.41) is 3.53. The highest BCUT2D eigenvalue weighted by atomic mass is 15.1. The number of hydrogen-bond donors (Lipinski definition) is 1. The molecule has 0 aliphatic rings. The summed E-state index contributed by atoms with van der Waals surface area (Å²) in [6, 6.07) is 10.0. The molecule has 0 radical (unpaired) electrons. The van der Waals surface area contributed by atoms with E-state index in [9.17, 15) is 0 Å². The third kappa shape index (κ3) is 2.58. The molecule has 0 unspecified atom stereocenters. The Morgan fingerprint density at radius 3 is 2.58 bits per heavy atom. The van der Waals surface area contributed by atoms with Gasteiger partial charge in [0.1, 0.15) is 0 Å². The lowest BCUT2D eigenvalue weighted by atomic mass is 10.2. The molecule has 0 heterocycles. The number of benzene rings is 1. The summed E-state index contributed by atoms with van der Waals surface area (Å²) in [7, 11) is 0. The molecule has 1 aromatic carbocycles. The van der Waals surface area contributed by atoms with E-state index >= 15 is 0 Å². The fraction of sp³-hybridized carbons (Fsp3) is 0.100. The van der Waals surface area contributed by atoms with Crippen molar-refractivity contribution in [3.8, 4) is 0 Å². The first kappa shape index (κ1) is 8.53. The summed E-state index contributed by atoms with van der Waals surface area (Å²) in [6.45, 7) is 1.86. The number of allylic oxidation sites excluding steroid dienone is 1. The average Bonchev–Trinajstić information content (AvgIpc) is 2.16. The van der Waals surface area contributed by atoms with Gasteiger partial charge >= 0.3 is 0 Å². The summed E-state index contributed by atoms with van der Waals surface area (Å²) in [4.78, 5) is 0. The van der Waals surface area contributed by atoms with Gasteiger partial charge in [-0.3, -0.25) is 0 Å². The molecule has 1 aromatic rings. The molecule has 2 N–H and O–H groups in total. The molecule has 0 bridgehead atoms. The van der Waals surface area contributed by atoms with Crippen molar-refractivity contribution in [2.45, 2.75) is 6.92 Å². The van der Waals surface area contributed by atoms with E-state index in [2.05, 4.69) is 5.10 Å². The van der Waals surface area contributed by atoms with E-state index < -0.39 is 0 Å². The van der Waals surface area contributed by atoms with E-state index in [4.69, 9.17) is 5.84 Å². The molecule has 0 saturated carbocycles. The number of rotatable bonds is 2. The van der Waals surface area contributed by atoms with Crippen molar-refractivity contribution in [2.75, 3.05) is 0 Å². The van der Waals surface area contributed by atoms with Crippen LogP contribution in [-0.4, -0.2) is 5.71 Å². The van der Waals surface area contributed by atoms with Crippen molar-refractivity contribution >= 4 is 11.8 Å². The maximum absolute atomic E-state index is 5.07. The molecular formula is C10H12N2. The maximum atomic E-state index is 5.07. The summed E-state index contributed by atoms with van der Waals surface area (Å²) in [6.07, 6.45) is 3.86. The fourth-order valence-corrected chi connectivity index (χ4v) is 0.824. The van der Waals surface area contributed by atoms with E-state index in [0.29, 0.717) is 0 Å². The fourth-order valence-electron chi connectivity index (χ4n) is 0.824. The quantitative estimate of drug-likeness (QED) is 0.401. The van der Waals surface area contributed by atoms with Gasteiger partial charge in [0.05, 0.1) is 5.71 Å². The van der Waals surface area contributed by atoms with Crippen LogP contribution in [0.25, 0.3) is 6.08 Å². The lowest BCUT2D eigenvalue weighted by Crippen LogP contribution is -1.90. The van der Waals surface area contributed by atoms with Crippen LogP contribution in [-0.2, 0) is 0 Å². The lowest BCUT2D eigenvalue weighted by Gasteiger charge is -1.90. The van der Waals surface area contributed by atoms with Crippen molar-refractivity contribution in [2.24, 2.45) is 10.9 Å². The van der Waals surface area contributed by atoms with Gasteiger partial charge in [0.25, 0.3) is 0 Å². The highest BCUT2D eigenvalue weighted by Gasteiger charge is 1.83. The van der Waals surface area contributed by atoms with Crippen LogP contribution >= 0.6 is 0 Å². The van der Waals surface area contributed by atoms with Gasteiger partial charge in [0.15, 0.2) is 0 Å². The van der Waals surface area contributed by atoms with Gasteiger partial charge in [0, 0.05) is 0 Å². The molecule has 0 saturated heterocycles. The van der Waals surface area contributed by atoms with Gasteiger partial charge in [-0.25, -0.2) is 0 Å². The van der Waals surface area contributed by atoms with Gasteiger partial charge in [-0.15, -0.1) is 0 Å². The summed E-state index contributed by atoms with van der Waals surface area (Å²) in [5.74, 6) is 5.07. The molecular weight excluding hydrogens is 148 g/mol. The average molecular weight is 160 g/mol. The van der Waals surface area contributed by atoms with Crippen LogP contribution in [0.2, 0.25) is 0 Å². The van der Waals surface area contributed by atoms with E-state index in [1.807, 2.05) is 49.4 Å². The van der Waals surface area contributed by atoms with Crippen LogP contribution < -0.4 is 5.84 Å². The Hall–Kier alpha value is -1.57. The second kappa shape index (κ2) is 4.34. The third-order valence-electron chi connectivity index (χ3n) is 1.52. The zero-order chi connectivity index (χ0) is 8.81. The lowest BCUT2D eigenvalue weighted by molar-refractivity contribution is 1.24. The van der Waals surface area contributed by atoms with Crippen LogP contribution in [0.4, 0.5) is 0 Å². The normalized spacial score (nSPS) is 12.2. The number of hydrazone groups is 1. The molecule has 2 heteroatoms. The second-order valence-electron chi connectivity index (χ2n) is 2.51. The van der Waals surface area contributed by atoms with Crippen molar-refractivity contribution in [3.05, 3.63) is 42.0 Å². The molecule has 0 amide bonds. The molecule has 0 aromatic heterocycles. The largest absolute Gasteiger partial charge is 0.323 e. The van der Waals surface area contributed by atoms with Crippen LogP contribution in [0.3, 0.4) is 0 Å². The minimum atomic E-state index is 0.818. The highest BCUT2D eigenvalue weighted by Crippen LogP contribution is 2.00. The predicted molar refractivity (Wildman–Crippen MR) is 52.8 cm³/mol. The molecule has 0 fully saturated rings. The smallest absolute Gasteiger partial charge is 0.0569 e. The van der Waals surface area contributed by atoms with E-state index in [1.54, 1.807) is 0 Å². The predicted octanol–water partition coefficient (Wildman–Crippen LogP) is 2.03. The monoisotopic (exact) mass is 160 g/mol. The van der Waals surface area contributed by atoms with E-state index in [-0.39, 0.29) is 0 Å². The third-order valence-corrected chi connectivity index (χ3v) is 1.52. The number of hydrogen-bond acceptors (Lipinski definition) is 2. The summed E-state index contributed by atoms with van der Waals surface area (Å²) >= 11 is 0. The van der Waals surface area contributed by atoms with Crippen LogP contribution in [0.5, 0.6) is 0 Å². The van der Waals surface area contributed by atoms with Crippen LogP contribution in [0, 0.1) is 0 Å². The van der Waals surface area contributed by atoms with Crippen molar-refractivity contribution in [3.63, 3.8) is 0 Å². The van der Waals surface area contributed by atoms with Gasteiger partial charge in [-0.2, -0.15) is 5.10 Å². The van der Waals surface area contributed by atoms with Gasteiger partial charge in [-0.05, 0) is 18.6 Å². The summed E-state index contributed by atoms with van der Waals surface area (Å²) in [5.41, 5.74) is 1.97. The van der Waals surface area contributed by atoms with Crippen LogP contribution in [0.15, 0.2) is 41.5 Å². The Labute approximate surface area is 72.4 Å². The first-order valence-corrected chi connectivity index (χ1v) is 3.80. The van der Waals surface area contributed by atoms with Crippen LogP contribution in [0.1, 0.15) is 12.5 Å². The molecule has 12 heavy (non-hydrogen) atoms. The molecule has 0 spiro atoms. The minimum Gasteiger partial charge on any atom is -0.323 e. The molecule has 1 rings (SSSR count). The Morgan fingerprint density at radius 2 is 2.00 bits per heavy atom. The Balaban J connectivity index is 2.70. The molecule has 62 valence electrons. The van der Waals surface area contributed by atoms with Gasteiger partial charge < -0.3 is 5.84 Å². The van der Waals surface area contributed by atoms with Gasteiger partial charge in [-0.1, -0.05) is 36.4 Å². The van der Waals surface area contributed by atoms with Crippen molar-refractivity contribution in [1.82, 2.24) is 0 Å². The zero-order valence-corrected chi connectivity index (χ0v) is 7.07. The Kier molecular flexibility index (Phi) is 3.08. The van der Waals surface area contributed by atoms with E-state index in [0.717, 1.165) is 11.3 Å². The van der Waals surface area contributed by atoms with Crippen molar-refractivity contribution < 1.29 is 0 Å². The first-order chi connectivity index (χ1) is 5.83. The Morgan fingerprint density at radius 1 is 1.33 bits per heavy atom. The second-order valence-corrected chi connectivity index (χ2v) is 2.51.